The molecule has 2 aromatic heterocycles. The molecule has 0 bridgehead atoms. The maximum absolute atomic E-state index is 12.5. The van der Waals surface area contributed by atoms with Crippen LogP contribution in [0.4, 0.5) is 5.00 Å². The van der Waals surface area contributed by atoms with Gasteiger partial charge in [0.05, 0.1) is 23.9 Å². The smallest absolute Gasteiger partial charge is 0.341 e. The van der Waals surface area contributed by atoms with E-state index in [0.717, 1.165) is 37.7 Å². The van der Waals surface area contributed by atoms with E-state index in [9.17, 15) is 9.59 Å². The lowest BCUT2D eigenvalue weighted by Gasteiger charge is -2.12. The lowest BCUT2D eigenvalue weighted by molar-refractivity contribution is 0.0505. The molecule has 1 aliphatic rings. The number of carbonyl (C=O) groups is 2. The van der Waals surface area contributed by atoms with Crippen molar-refractivity contribution in [3.63, 3.8) is 0 Å². The third kappa shape index (κ3) is 3.76. The summed E-state index contributed by atoms with van der Waals surface area (Å²) in [6, 6.07) is 0. The summed E-state index contributed by atoms with van der Waals surface area (Å²) in [5, 5.41) is 7.63. The second kappa shape index (κ2) is 7.82. The monoisotopic (exact) mass is 361 g/mol. The van der Waals surface area contributed by atoms with Crippen molar-refractivity contribution < 1.29 is 14.3 Å². The number of rotatable bonds is 6. The number of amides is 1. The topological polar surface area (TPSA) is 73.2 Å². The molecule has 0 radical (unpaired) electrons. The van der Waals surface area contributed by atoms with Crippen LogP contribution >= 0.6 is 11.3 Å². The normalized spacial score (nSPS) is 13.4. The number of fused-ring (bicyclic) bond motifs is 1. The summed E-state index contributed by atoms with van der Waals surface area (Å²) in [5.41, 5.74) is 2.09. The van der Waals surface area contributed by atoms with Crippen molar-refractivity contribution >= 4 is 28.2 Å². The van der Waals surface area contributed by atoms with E-state index in [1.54, 1.807) is 17.1 Å². The van der Waals surface area contributed by atoms with Crippen LogP contribution in [-0.4, -0.2) is 28.3 Å². The molecule has 0 aliphatic heterocycles. The maximum Gasteiger partial charge on any atom is 0.341 e. The van der Waals surface area contributed by atoms with E-state index >= 15 is 0 Å². The average molecular weight is 361 g/mol. The fourth-order valence-corrected chi connectivity index (χ4v) is 4.24. The number of esters is 1. The fourth-order valence-electron chi connectivity index (χ4n) is 2.97. The quantitative estimate of drug-likeness (QED) is 0.797. The van der Waals surface area contributed by atoms with Crippen molar-refractivity contribution in [3.8, 4) is 0 Å². The van der Waals surface area contributed by atoms with Crippen LogP contribution in [0.15, 0.2) is 12.4 Å². The SMILES string of the molecule is CCCOC(=O)c1c(NC(=O)c2cnn(CC)c2)sc2c1CCCC2. The van der Waals surface area contributed by atoms with Crippen LogP contribution in [-0.2, 0) is 24.1 Å². The van der Waals surface area contributed by atoms with Gasteiger partial charge in [-0.2, -0.15) is 5.10 Å². The van der Waals surface area contributed by atoms with Crippen LogP contribution in [0.25, 0.3) is 0 Å². The molecule has 25 heavy (non-hydrogen) atoms. The molecule has 0 fully saturated rings. The van der Waals surface area contributed by atoms with E-state index in [1.165, 1.54) is 16.2 Å². The Bertz CT molecular complexity index is 779. The van der Waals surface area contributed by atoms with Crippen molar-refractivity contribution in [2.45, 2.75) is 52.5 Å². The van der Waals surface area contributed by atoms with Crippen LogP contribution in [0.2, 0.25) is 0 Å². The van der Waals surface area contributed by atoms with Gasteiger partial charge in [-0.15, -0.1) is 11.3 Å². The Labute approximate surface area is 151 Å². The number of carbonyl (C=O) groups excluding carboxylic acids is 2. The van der Waals surface area contributed by atoms with Gasteiger partial charge in [-0.05, 0) is 44.6 Å². The van der Waals surface area contributed by atoms with Crippen LogP contribution in [0.3, 0.4) is 0 Å². The Morgan fingerprint density at radius 3 is 2.84 bits per heavy atom. The minimum absolute atomic E-state index is 0.247. The average Bonchev–Trinajstić information content (AvgIpc) is 3.23. The summed E-state index contributed by atoms with van der Waals surface area (Å²) in [7, 11) is 0. The van der Waals surface area contributed by atoms with Crippen LogP contribution in [0.1, 0.15) is 64.3 Å². The molecule has 0 spiro atoms. The van der Waals surface area contributed by atoms with Gasteiger partial charge in [-0.25, -0.2) is 4.79 Å². The third-order valence-corrected chi connectivity index (χ3v) is 5.47. The number of ether oxygens (including phenoxy) is 1. The highest BCUT2D eigenvalue weighted by Gasteiger charge is 2.27. The molecule has 2 heterocycles. The predicted octanol–water partition coefficient (Wildman–Crippen LogP) is 3.66. The molecule has 7 heteroatoms. The summed E-state index contributed by atoms with van der Waals surface area (Å²) in [6.07, 6.45) is 8.03. The van der Waals surface area contributed by atoms with E-state index in [-0.39, 0.29) is 11.9 Å². The van der Waals surface area contributed by atoms with Crippen molar-refractivity contribution in [3.05, 3.63) is 34.0 Å². The molecule has 1 N–H and O–H groups in total. The molecule has 2 aromatic rings. The Hall–Kier alpha value is -2.15. The number of hydrogen-bond acceptors (Lipinski definition) is 5. The molecular formula is C18H23N3O3S. The number of anilines is 1. The number of nitrogens with one attached hydrogen (secondary N) is 1. The summed E-state index contributed by atoms with van der Waals surface area (Å²) < 4.78 is 7.05. The second-order valence-electron chi connectivity index (χ2n) is 6.09. The van der Waals surface area contributed by atoms with Gasteiger partial charge in [-0.1, -0.05) is 6.92 Å². The number of aryl methyl sites for hydroxylation is 2. The summed E-state index contributed by atoms with van der Waals surface area (Å²) in [6.45, 7) is 5.02. The zero-order chi connectivity index (χ0) is 17.8. The molecule has 3 rings (SSSR count). The minimum Gasteiger partial charge on any atom is -0.462 e. The lowest BCUT2D eigenvalue weighted by atomic mass is 9.95. The highest BCUT2D eigenvalue weighted by Crippen LogP contribution is 2.38. The molecular weight excluding hydrogens is 338 g/mol. The number of thiophene rings is 1. The Kier molecular flexibility index (Phi) is 5.53. The van der Waals surface area contributed by atoms with Gasteiger partial charge in [0.15, 0.2) is 0 Å². The number of nitrogens with zero attached hydrogens (tertiary/aromatic N) is 2. The highest BCUT2D eigenvalue weighted by molar-refractivity contribution is 7.17. The lowest BCUT2D eigenvalue weighted by Crippen LogP contribution is -2.15. The van der Waals surface area contributed by atoms with Gasteiger partial charge in [0.1, 0.15) is 5.00 Å². The van der Waals surface area contributed by atoms with Crippen LogP contribution in [0, 0.1) is 0 Å². The van der Waals surface area contributed by atoms with Gasteiger partial charge < -0.3 is 10.1 Å². The van der Waals surface area contributed by atoms with Gasteiger partial charge >= 0.3 is 5.97 Å². The maximum atomic E-state index is 12.5. The minimum atomic E-state index is -0.333. The first-order valence-electron chi connectivity index (χ1n) is 8.79. The molecule has 1 aliphatic carbocycles. The molecule has 0 aromatic carbocycles. The molecule has 0 atom stereocenters. The largest absolute Gasteiger partial charge is 0.462 e. The molecule has 134 valence electrons. The van der Waals surface area contributed by atoms with Gasteiger partial charge in [0.25, 0.3) is 5.91 Å². The summed E-state index contributed by atoms with van der Waals surface area (Å²) in [4.78, 5) is 26.3. The first-order valence-corrected chi connectivity index (χ1v) is 9.61. The molecule has 1 amide bonds. The second-order valence-corrected chi connectivity index (χ2v) is 7.19. The van der Waals surface area contributed by atoms with E-state index in [0.29, 0.717) is 29.3 Å². The Morgan fingerprint density at radius 2 is 2.12 bits per heavy atom. The fraction of sp³-hybridized carbons (Fsp3) is 0.500. The van der Waals surface area contributed by atoms with Gasteiger partial charge in [0.2, 0.25) is 0 Å². The van der Waals surface area contributed by atoms with Crippen molar-refractivity contribution in [1.29, 1.82) is 0 Å². The summed E-state index contributed by atoms with van der Waals surface area (Å²) >= 11 is 1.50. The first-order chi connectivity index (χ1) is 12.1. The molecule has 0 saturated heterocycles. The predicted molar refractivity (Wildman–Crippen MR) is 97.4 cm³/mol. The third-order valence-electron chi connectivity index (χ3n) is 4.26. The van der Waals surface area contributed by atoms with Crippen molar-refractivity contribution in [1.82, 2.24) is 9.78 Å². The van der Waals surface area contributed by atoms with Gasteiger partial charge in [0, 0.05) is 17.6 Å². The van der Waals surface area contributed by atoms with E-state index in [4.69, 9.17) is 4.74 Å². The van der Waals surface area contributed by atoms with Gasteiger partial charge in [-0.3, -0.25) is 9.48 Å². The molecule has 6 nitrogen and oxygen atoms in total. The van der Waals surface area contributed by atoms with Crippen LogP contribution in [0.5, 0.6) is 0 Å². The van der Waals surface area contributed by atoms with Crippen LogP contribution < -0.4 is 5.32 Å². The number of aromatic nitrogens is 2. The van der Waals surface area contributed by atoms with Crippen molar-refractivity contribution in [2.75, 3.05) is 11.9 Å². The van der Waals surface area contributed by atoms with E-state index < -0.39 is 0 Å². The molecule has 0 unspecified atom stereocenters. The molecule has 0 saturated carbocycles. The standard InChI is InChI=1S/C18H23N3O3S/c1-3-9-24-18(23)15-13-7-5-6-8-14(13)25-17(15)20-16(22)12-10-19-21(4-2)11-12/h10-11H,3-9H2,1-2H3,(H,20,22). The zero-order valence-electron chi connectivity index (χ0n) is 14.6. The zero-order valence-corrected chi connectivity index (χ0v) is 15.4. The van der Waals surface area contributed by atoms with Crippen molar-refractivity contribution in [2.24, 2.45) is 0 Å². The Morgan fingerprint density at radius 1 is 1.32 bits per heavy atom. The first kappa shape index (κ1) is 17.7. The highest BCUT2D eigenvalue weighted by atomic mass is 32.1. The van der Waals surface area contributed by atoms with E-state index in [2.05, 4.69) is 10.4 Å². The van der Waals surface area contributed by atoms with E-state index in [1.807, 2.05) is 13.8 Å². The number of hydrogen-bond donors (Lipinski definition) is 1. The Balaban J connectivity index is 1.87. The summed E-state index contributed by atoms with van der Waals surface area (Å²) in [5.74, 6) is -0.580.